The van der Waals surface area contributed by atoms with E-state index in [0.29, 0.717) is 0 Å². The molecule has 0 nitrogen and oxygen atoms in total. The molecule has 0 spiro atoms. The van der Waals surface area contributed by atoms with E-state index >= 15 is 0 Å². The molecule has 170 valence electrons. The minimum Gasteiger partial charge on any atom is -0.0776 e. The van der Waals surface area contributed by atoms with Crippen molar-refractivity contribution in [2.45, 2.75) is 139 Å². The Labute approximate surface area is 175 Å². The minimum atomic E-state index is 0. The Kier molecular flexibility index (Phi) is 184. The van der Waals surface area contributed by atoms with Gasteiger partial charge in [-0.3, -0.25) is 0 Å². The van der Waals surface area contributed by atoms with Crippen LogP contribution < -0.4 is 0 Å². The SMILES string of the molecule is C.C.C.C.C.C.CCC.CCC.CCC.CCC.Cc1ccc(C)cc1. The third-order valence-corrected chi connectivity index (χ3v) is 1.22. The predicted molar refractivity (Wildman–Crippen MR) is 140 cm³/mol. The van der Waals surface area contributed by atoms with Gasteiger partial charge in [-0.15, -0.1) is 0 Å². The highest BCUT2D eigenvalue weighted by molar-refractivity contribution is 5.19. The van der Waals surface area contributed by atoms with Gasteiger partial charge in [0.1, 0.15) is 0 Å². The lowest BCUT2D eigenvalue weighted by molar-refractivity contribution is 1.09. The lowest BCUT2D eigenvalue weighted by atomic mass is 10.2. The number of rotatable bonds is 0. The molecule has 1 aromatic carbocycles. The number of benzene rings is 1. The Hall–Kier alpha value is -0.780. The Morgan fingerprint density at radius 3 is 0.538 bits per heavy atom. The van der Waals surface area contributed by atoms with Crippen molar-refractivity contribution in [3.63, 3.8) is 0 Å². The van der Waals surface area contributed by atoms with Gasteiger partial charge in [0.2, 0.25) is 0 Å². The Morgan fingerprint density at radius 1 is 0.385 bits per heavy atom. The number of hydrogen-bond donors (Lipinski definition) is 0. The van der Waals surface area contributed by atoms with Crippen molar-refractivity contribution in [1.29, 1.82) is 0 Å². The van der Waals surface area contributed by atoms with Gasteiger partial charge >= 0.3 is 0 Å². The van der Waals surface area contributed by atoms with Crippen LogP contribution in [-0.4, -0.2) is 0 Å². The molecule has 0 saturated carbocycles. The van der Waals surface area contributed by atoms with Crippen LogP contribution in [0.4, 0.5) is 0 Å². The van der Waals surface area contributed by atoms with E-state index < -0.39 is 0 Å². The largest absolute Gasteiger partial charge is 0.0776 e. The summed E-state index contributed by atoms with van der Waals surface area (Å²) in [7, 11) is 0. The molecule has 0 aromatic heterocycles. The van der Waals surface area contributed by atoms with Crippen LogP contribution in [0.1, 0.15) is 137 Å². The molecule has 26 heavy (non-hydrogen) atoms. The average Bonchev–Trinajstić information content (AvgIpc) is 2.37. The van der Waals surface area contributed by atoms with Gasteiger partial charge < -0.3 is 0 Å². The standard InChI is InChI=1S/C8H10.4C3H8.6CH4/c1-7-3-5-8(2)6-4-7;4*1-3-2;;;;;;/h3-6H,1-2H3;4*3H2,1-2H3;6*1H4. The summed E-state index contributed by atoms with van der Waals surface area (Å²) < 4.78 is 0. The highest BCUT2D eigenvalue weighted by atomic mass is 13.9. The summed E-state index contributed by atoms with van der Waals surface area (Å²) in [4.78, 5) is 0. The van der Waals surface area contributed by atoms with Gasteiger partial charge in [-0.2, -0.15) is 0 Å². The van der Waals surface area contributed by atoms with Crippen LogP contribution in [0.25, 0.3) is 0 Å². The zero-order valence-corrected chi connectivity index (χ0v) is 16.1. The second-order valence-electron chi connectivity index (χ2n) is 4.98. The van der Waals surface area contributed by atoms with Crippen molar-refractivity contribution in [1.82, 2.24) is 0 Å². The number of aryl methyl sites for hydroxylation is 2. The molecule has 0 heterocycles. The molecule has 0 fully saturated rings. The van der Waals surface area contributed by atoms with Gasteiger partial charge in [0.15, 0.2) is 0 Å². The first-order chi connectivity index (χ1) is 9.44. The highest BCUT2D eigenvalue weighted by Gasteiger charge is 1.79. The van der Waals surface area contributed by atoms with Crippen LogP contribution in [0.2, 0.25) is 0 Å². The summed E-state index contributed by atoms with van der Waals surface area (Å²) in [5.74, 6) is 0. The van der Waals surface area contributed by atoms with E-state index in [1.54, 1.807) is 0 Å². The van der Waals surface area contributed by atoms with Crippen molar-refractivity contribution in [2.24, 2.45) is 0 Å². The van der Waals surface area contributed by atoms with E-state index in [2.05, 4.69) is 93.5 Å². The Balaban J connectivity index is -0.0000000158. The summed E-state index contributed by atoms with van der Waals surface area (Å²) in [6, 6.07) is 8.48. The Bertz CT molecular complexity index is 179. The summed E-state index contributed by atoms with van der Waals surface area (Å²) in [5.41, 5.74) is 2.66. The lowest BCUT2D eigenvalue weighted by Gasteiger charge is -1.90. The van der Waals surface area contributed by atoms with Crippen LogP contribution >= 0.6 is 0 Å². The molecular formula is C26H66. The molecule has 0 N–H and O–H groups in total. The first-order valence-electron chi connectivity index (χ1n) is 8.48. The Morgan fingerprint density at radius 2 is 0.462 bits per heavy atom. The smallest absolute Gasteiger partial charge is 0.0398 e. The van der Waals surface area contributed by atoms with Crippen molar-refractivity contribution in [3.8, 4) is 0 Å². The molecule has 0 radical (unpaired) electrons. The van der Waals surface area contributed by atoms with Gasteiger partial charge in [0, 0.05) is 0 Å². The molecule has 0 atom stereocenters. The van der Waals surface area contributed by atoms with Crippen molar-refractivity contribution < 1.29 is 0 Å². The normalized spacial score (nSPS) is 5.62. The van der Waals surface area contributed by atoms with Gasteiger partial charge in [0.05, 0.1) is 0 Å². The van der Waals surface area contributed by atoms with Crippen LogP contribution in [0.3, 0.4) is 0 Å². The first-order valence-corrected chi connectivity index (χ1v) is 8.48. The molecule has 1 rings (SSSR count). The van der Waals surface area contributed by atoms with Crippen LogP contribution in [0, 0.1) is 13.8 Å². The quantitative estimate of drug-likeness (QED) is 0.421. The van der Waals surface area contributed by atoms with Crippen molar-refractivity contribution >= 4 is 0 Å². The molecule has 1 aromatic rings. The van der Waals surface area contributed by atoms with Crippen molar-refractivity contribution in [2.75, 3.05) is 0 Å². The van der Waals surface area contributed by atoms with Crippen molar-refractivity contribution in [3.05, 3.63) is 35.4 Å². The fourth-order valence-corrected chi connectivity index (χ4v) is 0.637. The second kappa shape index (κ2) is 74.7. The summed E-state index contributed by atoms with van der Waals surface area (Å²) in [6.07, 6.45) is 5.00. The molecule has 0 saturated heterocycles. The zero-order chi connectivity index (χ0) is 16.8. The van der Waals surface area contributed by atoms with Crippen LogP contribution in [-0.2, 0) is 0 Å². The van der Waals surface area contributed by atoms with E-state index in [-0.39, 0.29) is 44.6 Å². The molecule has 0 amide bonds. The summed E-state index contributed by atoms with van der Waals surface area (Å²) in [5, 5.41) is 0. The van der Waals surface area contributed by atoms with Gasteiger partial charge in [-0.05, 0) is 13.8 Å². The molecule has 0 bridgehead atoms. The summed E-state index contributed by atoms with van der Waals surface area (Å²) in [6.45, 7) is 21.2. The molecule has 0 aliphatic heterocycles. The predicted octanol–water partition coefficient (Wildman–Crippen LogP) is 11.8. The topological polar surface area (TPSA) is 0 Å². The average molecular weight is 379 g/mol. The lowest BCUT2D eigenvalue weighted by Crippen LogP contribution is -1.70. The van der Waals surface area contributed by atoms with E-state index in [4.69, 9.17) is 0 Å². The fraction of sp³-hybridized carbons (Fsp3) is 0.769. The maximum atomic E-state index is 2.12. The highest BCUT2D eigenvalue weighted by Crippen LogP contribution is 1.99. The second-order valence-corrected chi connectivity index (χ2v) is 4.98. The fourth-order valence-electron chi connectivity index (χ4n) is 0.637. The van der Waals surface area contributed by atoms with Crippen LogP contribution in [0.15, 0.2) is 24.3 Å². The summed E-state index contributed by atoms with van der Waals surface area (Å²) >= 11 is 0. The van der Waals surface area contributed by atoms with E-state index in [1.165, 1.54) is 36.8 Å². The third-order valence-electron chi connectivity index (χ3n) is 1.22. The molecule has 0 unspecified atom stereocenters. The van der Waals surface area contributed by atoms with E-state index in [0.717, 1.165) is 0 Å². The van der Waals surface area contributed by atoms with Gasteiger partial charge in [-0.1, -0.05) is 161 Å². The molecule has 0 aliphatic carbocycles. The van der Waals surface area contributed by atoms with Gasteiger partial charge in [-0.25, -0.2) is 0 Å². The zero-order valence-electron chi connectivity index (χ0n) is 16.1. The molecule has 0 aliphatic rings. The van der Waals surface area contributed by atoms with E-state index in [1.807, 2.05) is 0 Å². The van der Waals surface area contributed by atoms with Crippen LogP contribution in [0.5, 0.6) is 0 Å². The first kappa shape index (κ1) is 63.9. The molecule has 0 heteroatoms. The maximum Gasteiger partial charge on any atom is -0.0398 e. The third kappa shape index (κ3) is 135. The number of hydrogen-bond acceptors (Lipinski definition) is 0. The molecular weight excluding hydrogens is 312 g/mol. The monoisotopic (exact) mass is 379 g/mol. The maximum absolute atomic E-state index is 2.12. The van der Waals surface area contributed by atoms with E-state index in [9.17, 15) is 0 Å². The minimum absolute atomic E-state index is 0. The van der Waals surface area contributed by atoms with Gasteiger partial charge in [0.25, 0.3) is 0 Å².